The van der Waals surface area contributed by atoms with Crippen LogP contribution < -0.4 is 5.32 Å². The molecule has 2 heteroatoms. The molecule has 2 fully saturated rings. The average molecular weight is 286 g/mol. The molecule has 0 radical (unpaired) electrons. The molecular formula is C19H30N2. The van der Waals surface area contributed by atoms with Crippen LogP contribution in [0.4, 0.5) is 0 Å². The summed E-state index contributed by atoms with van der Waals surface area (Å²) < 4.78 is 0. The fourth-order valence-corrected chi connectivity index (χ4v) is 4.07. The first-order chi connectivity index (χ1) is 10.3. The lowest BCUT2D eigenvalue weighted by Gasteiger charge is -2.17. The highest BCUT2D eigenvalue weighted by molar-refractivity contribution is 5.23. The first kappa shape index (κ1) is 15.1. The van der Waals surface area contributed by atoms with Gasteiger partial charge in [-0.05, 0) is 61.7 Å². The van der Waals surface area contributed by atoms with Crippen LogP contribution in [0.3, 0.4) is 0 Å². The summed E-state index contributed by atoms with van der Waals surface area (Å²) in [5.41, 5.74) is 2.95. The molecule has 2 unspecified atom stereocenters. The second kappa shape index (κ2) is 7.42. The van der Waals surface area contributed by atoms with E-state index in [1.54, 1.807) is 0 Å². The number of nitrogens with one attached hydrogen (secondary N) is 1. The van der Waals surface area contributed by atoms with Crippen LogP contribution in [-0.2, 0) is 13.0 Å². The molecule has 1 saturated heterocycles. The summed E-state index contributed by atoms with van der Waals surface area (Å²) in [7, 11) is 0. The molecule has 0 spiro atoms. The monoisotopic (exact) mass is 286 g/mol. The van der Waals surface area contributed by atoms with Crippen molar-refractivity contribution in [2.24, 2.45) is 11.8 Å². The Morgan fingerprint density at radius 3 is 2.33 bits per heavy atom. The molecule has 1 aromatic carbocycles. The number of benzene rings is 1. The van der Waals surface area contributed by atoms with Gasteiger partial charge in [-0.1, -0.05) is 37.6 Å². The van der Waals surface area contributed by atoms with Gasteiger partial charge in [-0.25, -0.2) is 0 Å². The van der Waals surface area contributed by atoms with Crippen LogP contribution in [0, 0.1) is 11.8 Å². The molecule has 0 aromatic heterocycles. The van der Waals surface area contributed by atoms with Gasteiger partial charge in [-0.3, -0.25) is 4.90 Å². The van der Waals surface area contributed by atoms with Crippen LogP contribution >= 0.6 is 0 Å². The zero-order valence-corrected chi connectivity index (χ0v) is 13.5. The number of hydrogen-bond donors (Lipinski definition) is 1. The number of likely N-dealkylation sites (tertiary alicyclic amines) is 1. The molecule has 2 atom stereocenters. The van der Waals surface area contributed by atoms with Gasteiger partial charge in [0.15, 0.2) is 0 Å². The molecule has 1 aliphatic carbocycles. The Hall–Kier alpha value is -0.860. The number of nitrogens with zero attached hydrogens (tertiary/aromatic N) is 1. The topological polar surface area (TPSA) is 15.3 Å². The van der Waals surface area contributed by atoms with Crippen LogP contribution in [0.25, 0.3) is 0 Å². The van der Waals surface area contributed by atoms with E-state index in [9.17, 15) is 0 Å². The Bertz CT molecular complexity index is 414. The van der Waals surface area contributed by atoms with Crippen LogP contribution in [0.5, 0.6) is 0 Å². The summed E-state index contributed by atoms with van der Waals surface area (Å²) in [6.07, 6.45) is 6.80. The average Bonchev–Trinajstić information content (AvgIpc) is 3.06. The van der Waals surface area contributed by atoms with Crippen molar-refractivity contribution < 1.29 is 0 Å². The second-order valence-corrected chi connectivity index (χ2v) is 6.96. The lowest BCUT2D eigenvalue weighted by Crippen LogP contribution is -2.21. The standard InChI is InChI=1S/C19H30N2/c1-2-11-20-12-10-16-6-8-17(9-7-16)13-21-14-18-4-3-5-19(18)15-21/h6-9,18-20H,2-5,10-15H2,1H3. The van der Waals surface area contributed by atoms with Crippen LogP contribution in [-0.4, -0.2) is 31.1 Å². The van der Waals surface area contributed by atoms with Crippen LogP contribution in [0.1, 0.15) is 43.7 Å². The summed E-state index contributed by atoms with van der Waals surface area (Å²) in [5, 5.41) is 3.47. The molecule has 2 aliphatic rings. The van der Waals surface area contributed by atoms with E-state index >= 15 is 0 Å². The Morgan fingerprint density at radius 2 is 1.67 bits per heavy atom. The SMILES string of the molecule is CCCNCCc1ccc(CN2CC3CCCC3C2)cc1. The van der Waals surface area contributed by atoms with Crippen molar-refractivity contribution in [2.75, 3.05) is 26.2 Å². The van der Waals surface area contributed by atoms with E-state index in [2.05, 4.69) is 41.4 Å². The predicted octanol–water partition coefficient (Wildman–Crippen LogP) is 3.46. The van der Waals surface area contributed by atoms with Crippen molar-refractivity contribution in [3.8, 4) is 0 Å². The molecule has 1 heterocycles. The van der Waals surface area contributed by atoms with Crippen molar-refractivity contribution in [1.82, 2.24) is 10.2 Å². The Morgan fingerprint density at radius 1 is 1.00 bits per heavy atom. The largest absolute Gasteiger partial charge is 0.316 e. The molecule has 0 amide bonds. The predicted molar refractivity (Wildman–Crippen MR) is 89.4 cm³/mol. The molecule has 21 heavy (non-hydrogen) atoms. The zero-order chi connectivity index (χ0) is 14.5. The lowest BCUT2D eigenvalue weighted by atomic mass is 10.0. The summed E-state index contributed by atoms with van der Waals surface area (Å²) in [5.74, 6) is 2.02. The summed E-state index contributed by atoms with van der Waals surface area (Å²) in [6, 6.07) is 9.31. The van der Waals surface area contributed by atoms with Gasteiger partial charge >= 0.3 is 0 Å². The van der Waals surface area contributed by atoms with E-state index in [0.717, 1.165) is 37.9 Å². The first-order valence-electron chi connectivity index (χ1n) is 8.86. The minimum Gasteiger partial charge on any atom is -0.316 e. The van der Waals surface area contributed by atoms with E-state index in [1.165, 1.54) is 49.9 Å². The van der Waals surface area contributed by atoms with Crippen molar-refractivity contribution in [2.45, 2.75) is 45.6 Å². The number of rotatable bonds is 7. The zero-order valence-electron chi connectivity index (χ0n) is 13.5. The number of fused-ring (bicyclic) bond motifs is 1. The van der Waals surface area contributed by atoms with E-state index in [1.807, 2.05) is 0 Å². The molecule has 0 bridgehead atoms. The Labute approximate surface area is 129 Å². The van der Waals surface area contributed by atoms with Gasteiger partial charge < -0.3 is 5.32 Å². The Kier molecular flexibility index (Phi) is 5.32. The minimum absolute atomic E-state index is 1.01. The van der Waals surface area contributed by atoms with Crippen molar-refractivity contribution in [3.63, 3.8) is 0 Å². The highest BCUT2D eigenvalue weighted by atomic mass is 15.2. The third-order valence-electron chi connectivity index (χ3n) is 5.25. The molecule has 1 saturated carbocycles. The normalized spacial score (nSPS) is 25.4. The van der Waals surface area contributed by atoms with E-state index < -0.39 is 0 Å². The molecule has 1 N–H and O–H groups in total. The van der Waals surface area contributed by atoms with Crippen molar-refractivity contribution in [3.05, 3.63) is 35.4 Å². The van der Waals surface area contributed by atoms with Gasteiger partial charge in [0, 0.05) is 19.6 Å². The third-order valence-corrected chi connectivity index (χ3v) is 5.25. The second-order valence-electron chi connectivity index (χ2n) is 6.96. The minimum atomic E-state index is 1.01. The van der Waals surface area contributed by atoms with Crippen molar-refractivity contribution in [1.29, 1.82) is 0 Å². The fourth-order valence-electron chi connectivity index (χ4n) is 4.07. The highest BCUT2D eigenvalue weighted by Crippen LogP contribution is 2.38. The number of hydrogen-bond acceptors (Lipinski definition) is 2. The fraction of sp³-hybridized carbons (Fsp3) is 0.684. The molecular weight excluding hydrogens is 256 g/mol. The van der Waals surface area contributed by atoms with Crippen LogP contribution in [0.2, 0.25) is 0 Å². The van der Waals surface area contributed by atoms with E-state index in [4.69, 9.17) is 0 Å². The molecule has 1 aliphatic heterocycles. The van der Waals surface area contributed by atoms with Crippen molar-refractivity contribution >= 4 is 0 Å². The summed E-state index contributed by atoms with van der Waals surface area (Å²) >= 11 is 0. The quantitative estimate of drug-likeness (QED) is 0.772. The molecule has 2 nitrogen and oxygen atoms in total. The van der Waals surface area contributed by atoms with Gasteiger partial charge in [0.2, 0.25) is 0 Å². The maximum atomic E-state index is 3.47. The van der Waals surface area contributed by atoms with Gasteiger partial charge in [0.25, 0.3) is 0 Å². The lowest BCUT2D eigenvalue weighted by molar-refractivity contribution is 0.303. The maximum Gasteiger partial charge on any atom is 0.0233 e. The van der Waals surface area contributed by atoms with Gasteiger partial charge in [0.1, 0.15) is 0 Å². The third kappa shape index (κ3) is 4.08. The van der Waals surface area contributed by atoms with E-state index in [-0.39, 0.29) is 0 Å². The molecule has 3 rings (SSSR count). The summed E-state index contributed by atoms with van der Waals surface area (Å²) in [4.78, 5) is 2.67. The van der Waals surface area contributed by atoms with Gasteiger partial charge in [-0.2, -0.15) is 0 Å². The van der Waals surface area contributed by atoms with E-state index in [0.29, 0.717) is 0 Å². The Balaban J connectivity index is 1.44. The maximum absolute atomic E-state index is 3.47. The van der Waals surface area contributed by atoms with Gasteiger partial charge in [0.05, 0.1) is 0 Å². The first-order valence-corrected chi connectivity index (χ1v) is 8.86. The smallest absolute Gasteiger partial charge is 0.0233 e. The van der Waals surface area contributed by atoms with Crippen LogP contribution in [0.15, 0.2) is 24.3 Å². The highest BCUT2D eigenvalue weighted by Gasteiger charge is 2.35. The summed E-state index contributed by atoms with van der Waals surface area (Å²) in [6.45, 7) is 8.29. The molecule has 1 aromatic rings. The van der Waals surface area contributed by atoms with Gasteiger partial charge in [-0.15, -0.1) is 0 Å². The molecule has 116 valence electrons.